The standard InChI is InChI=1S/C12H23NO4/c1-3-5-7-17-9-11(14)13-8-10(6-4-2)12(15)16/h10H,3-9H2,1-2H3,(H,13,14)(H,15,16). The molecule has 0 heterocycles. The molecule has 0 fully saturated rings. The largest absolute Gasteiger partial charge is 0.481 e. The topological polar surface area (TPSA) is 75.6 Å². The molecule has 5 heteroatoms. The second kappa shape index (κ2) is 10.1. The molecule has 0 saturated heterocycles. The molecule has 1 amide bonds. The lowest BCUT2D eigenvalue weighted by Crippen LogP contribution is -2.35. The second-order valence-corrected chi connectivity index (χ2v) is 4.03. The second-order valence-electron chi connectivity index (χ2n) is 4.03. The van der Waals surface area contributed by atoms with E-state index in [-0.39, 0.29) is 19.1 Å². The Hall–Kier alpha value is -1.10. The van der Waals surface area contributed by atoms with Gasteiger partial charge in [0.1, 0.15) is 6.61 Å². The first kappa shape index (κ1) is 15.9. The van der Waals surface area contributed by atoms with Crippen molar-refractivity contribution in [1.29, 1.82) is 0 Å². The zero-order valence-electron chi connectivity index (χ0n) is 10.7. The van der Waals surface area contributed by atoms with Gasteiger partial charge in [-0.2, -0.15) is 0 Å². The first-order valence-electron chi connectivity index (χ1n) is 6.19. The number of amides is 1. The van der Waals surface area contributed by atoms with E-state index in [1.165, 1.54) is 0 Å². The Morgan fingerprint density at radius 1 is 1.29 bits per heavy atom. The summed E-state index contributed by atoms with van der Waals surface area (Å²) in [5, 5.41) is 11.5. The van der Waals surface area contributed by atoms with Crippen molar-refractivity contribution < 1.29 is 19.4 Å². The van der Waals surface area contributed by atoms with E-state index in [1.807, 2.05) is 13.8 Å². The fourth-order valence-corrected chi connectivity index (χ4v) is 1.36. The van der Waals surface area contributed by atoms with E-state index in [9.17, 15) is 9.59 Å². The van der Waals surface area contributed by atoms with Crippen LogP contribution in [0.15, 0.2) is 0 Å². The summed E-state index contributed by atoms with van der Waals surface area (Å²) in [6.45, 7) is 4.73. The lowest BCUT2D eigenvalue weighted by Gasteiger charge is -2.12. The number of hydrogen-bond donors (Lipinski definition) is 2. The number of ether oxygens (including phenoxy) is 1. The van der Waals surface area contributed by atoms with Crippen molar-refractivity contribution in [3.63, 3.8) is 0 Å². The van der Waals surface area contributed by atoms with Gasteiger partial charge in [-0.05, 0) is 12.8 Å². The minimum atomic E-state index is -0.862. The predicted molar refractivity (Wildman–Crippen MR) is 64.8 cm³/mol. The molecule has 2 N–H and O–H groups in total. The highest BCUT2D eigenvalue weighted by Gasteiger charge is 2.16. The van der Waals surface area contributed by atoms with Crippen LogP contribution in [0.1, 0.15) is 39.5 Å². The highest BCUT2D eigenvalue weighted by atomic mass is 16.5. The molecule has 0 aliphatic carbocycles. The van der Waals surface area contributed by atoms with E-state index in [0.29, 0.717) is 13.0 Å². The number of hydrogen-bond acceptors (Lipinski definition) is 3. The normalized spacial score (nSPS) is 12.1. The number of carboxylic acid groups (broad SMARTS) is 1. The van der Waals surface area contributed by atoms with Crippen molar-refractivity contribution in [2.24, 2.45) is 5.92 Å². The Balaban J connectivity index is 3.69. The first-order chi connectivity index (χ1) is 8.11. The number of aliphatic carboxylic acids is 1. The molecule has 5 nitrogen and oxygen atoms in total. The minimum absolute atomic E-state index is 0.0124. The number of carboxylic acids is 1. The number of unbranched alkanes of at least 4 members (excludes halogenated alkanes) is 1. The fraction of sp³-hybridized carbons (Fsp3) is 0.833. The predicted octanol–water partition coefficient (Wildman–Crippen LogP) is 1.42. The van der Waals surface area contributed by atoms with Crippen LogP contribution in [-0.2, 0) is 14.3 Å². The molecule has 0 aromatic carbocycles. The summed E-state index contributed by atoms with van der Waals surface area (Å²) in [5.74, 6) is -1.61. The Morgan fingerprint density at radius 2 is 2.00 bits per heavy atom. The van der Waals surface area contributed by atoms with Crippen molar-refractivity contribution >= 4 is 11.9 Å². The van der Waals surface area contributed by atoms with E-state index in [1.54, 1.807) is 0 Å². The van der Waals surface area contributed by atoms with Gasteiger partial charge in [0, 0.05) is 13.2 Å². The van der Waals surface area contributed by atoms with Crippen LogP contribution in [0, 0.1) is 5.92 Å². The van der Waals surface area contributed by atoms with E-state index in [0.717, 1.165) is 19.3 Å². The third-order valence-corrected chi connectivity index (χ3v) is 2.41. The Kier molecular flexibility index (Phi) is 9.43. The number of carbonyl (C=O) groups excluding carboxylic acids is 1. The van der Waals surface area contributed by atoms with Crippen LogP contribution in [0.2, 0.25) is 0 Å². The van der Waals surface area contributed by atoms with Gasteiger partial charge in [-0.3, -0.25) is 9.59 Å². The molecule has 0 aromatic heterocycles. The van der Waals surface area contributed by atoms with Crippen LogP contribution in [0.3, 0.4) is 0 Å². The summed E-state index contributed by atoms with van der Waals surface area (Å²) in [6.07, 6.45) is 3.33. The van der Waals surface area contributed by atoms with Crippen LogP contribution < -0.4 is 5.32 Å². The lowest BCUT2D eigenvalue weighted by atomic mass is 10.0. The zero-order valence-corrected chi connectivity index (χ0v) is 10.7. The minimum Gasteiger partial charge on any atom is -0.481 e. The van der Waals surface area contributed by atoms with Gasteiger partial charge in [0.2, 0.25) is 5.91 Å². The first-order valence-corrected chi connectivity index (χ1v) is 6.19. The third-order valence-electron chi connectivity index (χ3n) is 2.41. The highest BCUT2D eigenvalue weighted by molar-refractivity contribution is 5.78. The van der Waals surface area contributed by atoms with Gasteiger partial charge in [-0.15, -0.1) is 0 Å². The molecular weight excluding hydrogens is 222 g/mol. The summed E-state index contributed by atoms with van der Waals surface area (Å²) in [5.41, 5.74) is 0. The van der Waals surface area contributed by atoms with Crippen LogP contribution in [0.4, 0.5) is 0 Å². The molecule has 0 aliphatic heterocycles. The van der Waals surface area contributed by atoms with Crippen LogP contribution in [0.25, 0.3) is 0 Å². The average Bonchev–Trinajstić information content (AvgIpc) is 2.29. The average molecular weight is 245 g/mol. The molecule has 0 bridgehead atoms. The van der Waals surface area contributed by atoms with E-state index < -0.39 is 11.9 Å². The van der Waals surface area contributed by atoms with E-state index >= 15 is 0 Å². The molecular formula is C12H23NO4. The highest BCUT2D eigenvalue weighted by Crippen LogP contribution is 2.04. The maximum absolute atomic E-state index is 11.3. The molecule has 17 heavy (non-hydrogen) atoms. The third kappa shape index (κ3) is 8.68. The Morgan fingerprint density at radius 3 is 2.53 bits per heavy atom. The van der Waals surface area contributed by atoms with Gasteiger partial charge < -0.3 is 15.2 Å². The van der Waals surface area contributed by atoms with Gasteiger partial charge in [-0.25, -0.2) is 0 Å². The summed E-state index contributed by atoms with van der Waals surface area (Å²) in [7, 11) is 0. The van der Waals surface area contributed by atoms with Crippen LogP contribution >= 0.6 is 0 Å². The summed E-state index contributed by atoms with van der Waals surface area (Å²) in [6, 6.07) is 0. The molecule has 0 aliphatic rings. The van der Waals surface area contributed by atoms with Gasteiger partial charge in [0.15, 0.2) is 0 Å². The molecule has 100 valence electrons. The van der Waals surface area contributed by atoms with Crippen molar-refractivity contribution in [1.82, 2.24) is 5.32 Å². The number of nitrogens with one attached hydrogen (secondary N) is 1. The van der Waals surface area contributed by atoms with E-state index in [4.69, 9.17) is 9.84 Å². The smallest absolute Gasteiger partial charge is 0.308 e. The van der Waals surface area contributed by atoms with Crippen molar-refractivity contribution in [2.45, 2.75) is 39.5 Å². The van der Waals surface area contributed by atoms with Crippen molar-refractivity contribution in [2.75, 3.05) is 19.8 Å². The van der Waals surface area contributed by atoms with Gasteiger partial charge in [-0.1, -0.05) is 26.7 Å². The maximum Gasteiger partial charge on any atom is 0.308 e. The van der Waals surface area contributed by atoms with E-state index in [2.05, 4.69) is 5.32 Å². The zero-order chi connectivity index (χ0) is 13.1. The Labute approximate surface area is 103 Å². The fourth-order valence-electron chi connectivity index (χ4n) is 1.36. The van der Waals surface area contributed by atoms with Crippen molar-refractivity contribution in [3.05, 3.63) is 0 Å². The summed E-state index contributed by atoms with van der Waals surface area (Å²) >= 11 is 0. The molecule has 0 saturated carbocycles. The lowest BCUT2D eigenvalue weighted by molar-refractivity contribution is -0.142. The molecule has 0 rings (SSSR count). The molecule has 0 spiro atoms. The Bertz CT molecular complexity index is 231. The summed E-state index contributed by atoms with van der Waals surface area (Å²) < 4.78 is 5.13. The van der Waals surface area contributed by atoms with Gasteiger partial charge >= 0.3 is 5.97 Å². The molecule has 0 radical (unpaired) electrons. The van der Waals surface area contributed by atoms with Crippen LogP contribution in [-0.4, -0.2) is 36.7 Å². The maximum atomic E-state index is 11.3. The van der Waals surface area contributed by atoms with Crippen LogP contribution in [0.5, 0.6) is 0 Å². The quantitative estimate of drug-likeness (QED) is 0.571. The SMILES string of the molecule is CCCCOCC(=O)NCC(CCC)C(=O)O. The number of rotatable bonds is 10. The van der Waals surface area contributed by atoms with Gasteiger partial charge in [0.25, 0.3) is 0 Å². The molecule has 1 unspecified atom stereocenters. The van der Waals surface area contributed by atoms with Gasteiger partial charge in [0.05, 0.1) is 5.92 Å². The molecule has 0 aromatic rings. The van der Waals surface area contributed by atoms with Crippen molar-refractivity contribution in [3.8, 4) is 0 Å². The summed E-state index contributed by atoms with van der Waals surface area (Å²) in [4.78, 5) is 22.1. The number of carbonyl (C=O) groups is 2. The monoisotopic (exact) mass is 245 g/mol. The molecule has 1 atom stereocenters.